The van der Waals surface area contributed by atoms with E-state index in [4.69, 9.17) is 35.9 Å². The van der Waals surface area contributed by atoms with E-state index >= 15 is 0 Å². The molecular formula is C63H76F3N8O10S2+. The number of anilines is 2. The fraction of sp³-hybridized carbons (Fsp3) is 0.460. The zero-order valence-corrected chi connectivity index (χ0v) is 51.7. The van der Waals surface area contributed by atoms with Gasteiger partial charge in [-0.15, -0.1) is 11.3 Å². The maximum absolute atomic E-state index is 14.6. The monoisotopic (exact) mass is 1230 g/mol. The highest BCUT2D eigenvalue weighted by molar-refractivity contribution is 7.81. The van der Waals surface area contributed by atoms with Crippen LogP contribution < -0.4 is 25.2 Å². The molecule has 18 nitrogen and oxygen atoms in total. The Labute approximate surface area is 510 Å². The molecule has 2 aliphatic heterocycles. The van der Waals surface area contributed by atoms with Crippen molar-refractivity contribution in [3.63, 3.8) is 0 Å². The molecule has 0 aliphatic carbocycles. The molecule has 0 unspecified atom stereocenters. The van der Waals surface area contributed by atoms with E-state index in [1.807, 2.05) is 88.4 Å². The van der Waals surface area contributed by atoms with Crippen LogP contribution in [0.15, 0.2) is 96.5 Å². The topological polar surface area (TPSA) is 202 Å². The van der Waals surface area contributed by atoms with Crippen molar-refractivity contribution in [3.05, 3.63) is 119 Å². The number of ether oxygens (including phenoxy) is 5. The molecule has 4 aromatic carbocycles. The van der Waals surface area contributed by atoms with Crippen molar-refractivity contribution in [2.75, 3.05) is 90.3 Å². The van der Waals surface area contributed by atoms with Gasteiger partial charge in [-0.2, -0.15) is 18.4 Å². The highest BCUT2D eigenvalue weighted by Gasteiger charge is 2.51. The standard InChI is InChI=1S/C63H75F3N8O10S2/c1-41-55(86-40-69-41)45-14-12-42(13-15-45)37-68-57(77)52-35-50(84-54(76)26-30-80-32-33-81-31-27-74(7,8)9)38-71(52)58(78)56(61(2,3)4)70-53(75)39-82-28-10-11-29-83-49-24-19-44(20-25-49)43-16-21-47(22-17-43)73-60(85)72(59(79)62(73,5)6)48-23-18-46(36-67)51(34-48)63(64,65)66/h12-25,34,40,50,52,56H,10-11,26-33,35,37-39H2,1-9H3,(H-,68,70,75,77)/p+1/t50-,52+,56-/m1/s1. The largest absolute Gasteiger partial charge is 0.494 e. The Bertz CT molecular complexity index is 3230. The number of quaternary nitrogens is 1. The summed E-state index contributed by atoms with van der Waals surface area (Å²) in [5, 5.41) is 15.1. The molecule has 2 N–H and O–H groups in total. The van der Waals surface area contributed by atoms with Crippen LogP contribution in [-0.2, 0) is 55.6 Å². The zero-order valence-electron chi connectivity index (χ0n) is 50.1. The summed E-state index contributed by atoms with van der Waals surface area (Å²) in [6, 6.07) is 25.1. The minimum Gasteiger partial charge on any atom is -0.494 e. The Balaban J connectivity index is 0.872. The van der Waals surface area contributed by atoms with Gasteiger partial charge in [-0.1, -0.05) is 69.3 Å². The van der Waals surface area contributed by atoms with E-state index in [0.717, 1.165) is 60.9 Å². The number of hydrogen-bond acceptors (Lipinski definition) is 14. The number of nitriles is 1. The number of likely N-dealkylation sites (N-methyl/N-ethyl adjacent to an activating group) is 1. The average Bonchev–Trinajstić information content (AvgIpc) is 1.79. The number of halogens is 3. The van der Waals surface area contributed by atoms with Gasteiger partial charge in [0.2, 0.25) is 17.7 Å². The number of carbonyl (C=O) groups is 5. The lowest BCUT2D eigenvalue weighted by atomic mass is 9.85. The highest BCUT2D eigenvalue weighted by Crippen LogP contribution is 2.40. The summed E-state index contributed by atoms with van der Waals surface area (Å²) in [5.41, 5.74) is 3.02. The number of aryl methyl sites for hydroxylation is 1. The van der Waals surface area contributed by atoms with Gasteiger partial charge in [0, 0.05) is 25.3 Å². The number of alkyl halides is 3. The van der Waals surface area contributed by atoms with Crippen LogP contribution in [0.25, 0.3) is 21.6 Å². The van der Waals surface area contributed by atoms with Gasteiger partial charge in [0.15, 0.2) is 5.11 Å². The van der Waals surface area contributed by atoms with Crippen molar-refractivity contribution in [1.82, 2.24) is 20.5 Å². The number of benzene rings is 4. The number of carbonyl (C=O) groups excluding carboxylic acids is 5. The summed E-state index contributed by atoms with van der Waals surface area (Å²) < 4.78 is 71.0. The molecule has 4 amide bonds. The number of esters is 1. The predicted octanol–water partition coefficient (Wildman–Crippen LogP) is 9.26. The van der Waals surface area contributed by atoms with Crippen LogP contribution in [0.2, 0.25) is 0 Å². The number of hydrogen-bond donors (Lipinski definition) is 2. The number of rotatable bonds is 27. The second-order valence-electron chi connectivity index (χ2n) is 23.7. The summed E-state index contributed by atoms with van der Waals surface area (Å²) in [6.07, 6.45) is -4.39. The molecular weight excluding hydrogens is 1150 g/mol. The van der Waals surface area contributed by atoms with Gasteiger partial charge >= 0.3 is 12.1 Å². The summed E-state index contributed by atoms with van der Waals surface area (Å²) in [6.45, 7) is 13.3. The van der Waals surface area contributed by atoms with Gasteiger partial charge in [0.1, 0.15) is 42.6 Å². The van der Waals surface area contributed by atoms with Crippen LogP contribution in [0.4, 0.5) is 24.5 Å². The van der Waals surface area contributed by atoms with Gasteiger partial charge in [0.05, 0.1) is 106 Å². The van der Waals surface area contributed by atoms with E-state index < -0.39 is 76.0 Å². The number of likely N-dealkylation sites (tertiary alicyclic amines) is 1. The molecule has 2 saturated heterocycles. The van der Waals surface area contributed by atoms with Crippen molar-refractivity contribution in [3.8, 4) is 33.4 Å². The first-order valence-electron chi connectivity index (χ1n) is 28.4. The molecule has 7 rings (SSSR count). The highest BCUT2D eigenvalue weighted by atomic mass is 32.1. The Kier molecular flexibility index (Phi) is 22.3. The second-order valence-corrected chi connectivity index (χ2v) is 24.9. The number of amides is 4. The van der Waals surface area contributed by atoms with Crippen LogP contribution in [0.5, 0.6) is 5.75 Å². The smallest absolute Gasteiger partial charge is 0.417 e. The molecule has 3 heterocycles. The molecule has 0 saturated carbocycles. The molecule has 0 radical (unpaired) electrons. The molecule has 0 bridgehead atoms. The van der Waals surface area contributed by atoms with Gasteiger partial charge in [0.25, 0.3) is 5.91 Å². The number of unbranched alkanes of at least 4 members (excludes halogenated alkanes) is 1. The van der Waals surface area contributed by atoms with Crippen molar-refractivity contribution in [2.45, 2.75) is 104 Å². The van der Waals surface area contributed by atoms with Crippen LogP contribution in [0, 0.1) is 23.7 Å². The van der Waals surface area contributed by atoms with Crippen molar-refractivity contribution in [1.29, 1.82) is 5.26 Å². The lowest BCUT2D eigenvalue weighted by Gasteiger charge is -2.35. The van der Waals surface area contributed by atoms with E-state index in [1.165, 1.54) is 11.0 Å². The number of aromatic nitrogens is 1. The third kappa shape index (κ3) is 17.4. The lowest BCUT2D eigenvalue weighted by molar-refractivity contribution is -0.870. The molecule has 86 heavy (non-hydrogen) atoms. The molecule has 460 valence electrons. The van der Waals surface area contributed by atoms with E-state index in [-0.39, 0.29) is 56.6 Å². The number of nitrogens with one attached hydrogen (secondary N) is 2. The number of thiocarbonyl (C=S) groups is 1. The first-order valence-corrected chi connectivity index (χ1v) is 29.7. The third-order valence-corrected chi connectivity index (χ3v) is 15.9. The minimum atomic E-state index is -4.81. The lowest BCUT2D eigenvalue weighted by Crippen LogP contribution is -2.58. The van der Waals surface area contributed by atoms with Crippen LogP contribution in [0.3, 0.4) is 0 Å². The van der Waals surface area contributed by atoms with Crippen molar-refractivity contribution >= 4 is 69.6 Å². The summed E-state index contributed by atoms with van der Waals surface area (Å²) in [4.78, 5) is 78.3. The number of nitrogens with zero attached hydrogens (tertiary/aromatic N) is 6. The van der Waals surface area contributed by atoms with Crippen LogP contribution >= 0.6 is 23.6 Å². The van der Waals surface area contributed by atoms with Gasteiger partial charge in [-0.05, 0) is 116 Å². The third-order valence-electron chi connectivity index (χ3n) is 14.6. The Morgan fingerprint density at radius 3 is 2.09 bits per heavy atom. The zero-order chi connectivity index (χ0) is 62.6. The first kappa shape index (κ1) is 66.2. The molecule has 1 aromatic heterocycles. The fourth-order valence-electron chi connectivity index (χ4n) is 9.78. The summed E-state index contributed by atoms with van der Waals surface area (Å²) in [7, 11) is 6.24. The molecule has 5 aromatic rings. The van der Waals surface area contributed by atoms with E-state index in [2.05, 4.69) is 36.8 Å². The summed E-state index contributed by atoms with van der Waals surface area (Å²) in [5.74, 6) is -1.86. The maximum Gasteiger partial charge on any atom is 0.417 e. The van der Waals surface area contributed by atoms with Crippen molar-refractivity contribution in [2.24, 2.45) is 5.41 Å². The average molecular weight is 1230 g/mol. The Hall–Kier alpha value is -7.33. The van der Waals surface area contributed by atoms with Crippen LogP contribution in [-0.4, -0.2) is 153 Å². The summed E-state index contributed by atoms with van der Waals surface area (Å²) >= 11 is 7.24. The SMILES string of the molecule is Cc1ncsc1-c1ccc(CNC(=O)[C@@H]2C[C@@H](OC(=O)CCOCCOCC[N+](C)(C)C)CN2C(=O)[C@@H](NC(=O)COCCCCOc2ccc(-c3ccc(N4C(=S)N(c5ccc(C#N)c(C(F)(F)F)c5)C(=O)C4(C)C)cc3)cc2)C(C)(C)C)cc1. The van der Waals surface area contributed by atoms with E-state index in [9.17, 15) is 42.4 Å². The molecule has 2 aliphatic rings. The number of thiazole rings is 1. The van der Waals surface area contributed by atoms with Gasteiger partial charge < -0.3 is 48.6 Å². The molecule has 3 atom stereocenters. The van der Waals surface area contributed by atoms with E-state index in [1.54, 1.807) is 53.8 Å². The minimum absolute atomic E-state index is 0.00387. The van der Waals surface area contributed by atoms with Gasteiger partial charge in [-0.3, -0.25) is 28.9 Å². The fourth-order valence-corrected chi connectivity index (χ4v) is 11.1. The van der Waals surface area contributed by atoms with E-state index in [0.29, 0.717) is 50.7 Å². The molecule has 23 heteroatoms. The molecule has 0 spiro atoms. The predicted molar refractivity (Wildman–Crippen MR) is 325 cm³/mol. The van der Waals surface area contributed by atoms with Crippen molar-refractivity contribution < 1.29 is 65.3 Å². The second kappa shape index (κ2) is 28.9. The Morgan fingerprint density at radius 1 is 0.849 bits per heavy atom. The van der Waals surface area contributed by atoms with Gasteiger partial charge in [-0.25, -0.2) is 4.98 Å². The normalized spacial score (nSPS) is 16.5. The molecule has 2 fully saturated rings. The van der Waals surface area contributed by atoms with Crippen LogP contribution in [0.1, 0.15) is 82.7 Å². The quantitative estimate of drug-likeness (QED) is 0.0218. The first-order chi connectivity index (χ1) is 40.7. The maximum atomic E-state index is 14.6. The Morgan fingerprint density at radius 2 is 1.48 bits per heavy atom.